The zero-order valence-electron chi connectivity index (χ0n) is 17.7. The highest BCUT2D eigenvalue weighted by Crippen LogP contribution is 2.35. The van der Waals surface area contributed by atoms with Crippen molar-refractivity contribution in [2.45, 2.75) is 27.0 Å². The number of nitrogens with one attached hydrogen (secondary N) is 2. The van der Waals surface area contributed by atoms with Crippen LogP contribution in [0.3, 0.4) is 0 Å². The second kappa shape index (κ2) is 11.2. The van der Waals surface area contributed by atoms with E-state index in [4.69, 9.17) is 21.1 Å². The van der Waals surface area contributed by atoms with Gasteiger partial charge in [-0.3, -0.25) is 4.79 Å². The van der Waals surface area contributed by atoms with E-state index in [1.165, 1.54) is 19.1 Å². The minimum atomic E-state index is -0.391. The third-order valence-corrected chi connectivity index (χ3v) is 5.59. The summed E-state index contributed by atoms with van der Waals surface area (Å²) in [7, 11) is 0. The van der Waals surface area contributed by atoms with Crippen LogP contribution in [0.15, 0.2) is 59.1 Å². The number of amides is 1. The van der Waals surface area contributed by atoms with Gasteiger partial charge in [0, 0.05) is 34.9 Å². The summed E-state index contributed by atoms with van der Waals surface area (Å²) in [5, 5.41) is 6.40. The molecule has 1 amide bonds. The largest absolute Gasteiger partial charge is 0.490 e. The van der Waals surface area contributed by atoms with Crippen LogP contribution in [0.25, 0.3) is 0 Å². The monoisotopic (exact) mass is 520 g/mol. The van der Waals surface area contributed by atoms with Gasteiger partial charge in [-0.15, -0.1) is 0 Å². The minimum Gasteiger partial charge on any atom is -0.490 e. The number of ether oxygens (including phenoxy) is 2. The first-order valence-corrected chi connectivity index (χ1v) is 11.2. The summed E-state index contributed by atoms with van der Waals surface area (Å²) in [6, 6.07) is 15.4. The molecule has 0 spiro atoms. The smallest absolute Gasteiger partial charge is 0.221 e. The van der Waals surface area contributed by atoms with Crippen LogP contribution in [0.4, 0.5) is 15.8 Å². The van der Waals surface area contributed by atoms with Crippen LogP contribution in [0.5, 0.6) is 11.5 Å². The summed E-state index contributed by atoms with van der Waals surface area (Å²) in [5.74, 6) is 0.662. The summed E-state index contributed by atoms with van der Waals surface area (Å²) < 4.78 is 25.8. The Bertz CT molecular complexity index is 1090. The lowest BCUT2D eigenvalue weighted by atomic mass is 10.2. The molecule has 0 unspecified atom stereocenters. The van der Waals surface area contributed by atoms with E-state index in [1.807, 2.05) is 43.3 Å². The van der Waals surface area contributed by atoms with Crippen LogP contribution in [0.2, 0.25) is 5.02 Å². The van der Waals surface area contributed by atoms with E-state index in [0.29, 0.717) is 35.2 Å². The maximum Gasteiger partial charge on any atom is 0.221 e. The molecule has 168 valence electrons. The van der Waals surface area contributed by atoms with Gasteiger partial charge in [0.1, 0.15) is 12.4 Å². The molecular formula is C24H23BrClFN2O3. The Morgan fingerprint density at radius 1 is 1.00 bits per heavy atom. The molecule has 0 aliphatic rings. The van der Waals surface area contributed by atoms with Crippen LogP contribution in [-0.4, -0.2) is 12.5 Å². The molecule has 32 heavy (non-hydrogen) atoms. The van der Waals surface area contributed by atoms with Gasteiger partial charge in [-0.1, -0.05) is 33.6 Å². The molecule has 0 atom stereocenters. The zero-order valence-corrected chi connectivity index (χ0v) is 20.0. The minimum absolute atomic E-state index is 0.109. The normalized spacial score (nSPS) is 10.5. The highest BCUT2D eigenvalue weighted by molar-refractivity contribution is 9.10. The number of halogens is 3. The Balaban J connectivity index is 1.70. The molecule has 0 aliphatic heterocycles. The maximum atomic E-state index is 13.3. The van der Waals surface area contributed by atoms with Gasteiger partial charge in [-0.05, 0) is 61.0 Å². The van der Waals surface area contributed by atoms with E-state index in [9.17, 15) is 9.18 Å². The molecule has 0 radical (unpaired) electrons. The predicted molar refractivity (Wildman–Crippen MR) is 129 cm³/mol. The number of anilines is 2. The van der Waals surface area contributed by atoms with E-state index in [0.717, 1.165) is 21.4 Å². The second-order valence-corrected chi connectivity index (χ2v) is 8.22. The molecule has 5 nitrogen and oxygen atoms in total. The summed E-state index contributed by atoms with van der Waals surface area (Å²) in [6.45, 7) is 4.58. The van der Waals surface area contributed by atoms with Crippen molar-refractivity contribution in [1.29, 1.82) is 0 Å². The molecule has 2 N–H and O–H groups in total. The molecule has 0 saturated carbocycles. The van der Waals surface area contributed by atoms with Gasteiger partial charge in [0.25, 0.3) is 0 Å². The van der Waals surface area contributed by atoms with Crippen molar-refractivity contribution < 1.29 is 18.7 Å². The maximum absolute atomic E-state index is 13.3. The van der Waals surface area contributed by atoms with Gasteiger partial charge < -0.3 is 20.1 Å². The number of hydrogen-bond acceptors (Lipinski definition) is 4. The van der Waals surface area contributed by atoms with Crippen molar-refractivity contribution in [1.82, 2.24) is 0 Å². The number of hydrogen-bond donors (Lipinski definition) is 2. The van der Waals surface area contributed by atoms with Crippen LogP contribution < -0.4 is 20.1 Å². The van der Waals surface area contributed by atoms with Crippen molar-refractivity contribution in [2.75, 3.05) is 17.2 Å². The van der Waals surface area contributed by atoms with Crippen LogP contribution >= 0.6 is 27.5 Å². The lowest BCUT2D eigenvalue weighted by Crippen LogP contribution is -2.06. The topological polar surface area (TPSA) is 59.6 Å². The van der Waals surface area contributed by atoms with Crippen molar-refractivity contribution in [3.63, 3.8) is 0 Å². The molecule has 3 aromatic carbocycles. The molecule has 8 heteroatoms. The predicted octanol–water partition coefficient (Wildman–Crippen LogP) is 6.79. The Hall–Kier alpha value is -2.77. The Labute approximate surface area is 200 Å². The van der Waals surface area contributed by atoms with Crippen molar-refractivity contribution in [3.8, 4) is 11.5 Å². The number of carbonyl (C=O) groups is 1. The standard InChI is InChI=1S/C24H23BrClFN2O3/c1-3-31-23-10-17(13-28-19-6-8-20(9-7-19)29-15(2)30)21(25)12-24(23)32-14-16-4-5-18(27)11-22(16)26/h4-12,28H,3,13-14H2,1-2H3,(H,29,30). The summed E-state index contributed by atoms with van der Waals surface area (Å²) in [4.78, 5) is 11.1. The molecule has 0 aromatic heterocycles. The third-order valence-electron chi connectivity index (χ3n) is 4.50. The number of carbonyl (C=O) groups excluding carboxylic acids is 1. The molecule has 0 fully saturated rings. The molecule has 3 aromatic rings. The third kappa shape index (κ3) is 6.61. The zero-order chi connectivity index (χ0) is 23.1. The first-order chi connectivity index (χ1) is 15.4. The van der Waals surface area contributed by atoms with Crippen LogP contribution in [0, 0.1) is 5.82 Å². The van der Waals surface area contributed by atoms with Gasteiger partial charge in [0.05, 0.1) is 11.6 Å². The van der Waals surface area contributed by atoms with Gasteiger partial charge >= 0.3 is 0 Å². The van der Waals surface area contributed by atoms with Crippen LogP contribution in [-0.2, 0) is 17.9 Å². The van der Waals surface area contributed by atoms with Gasteiger partial charge in [0.2, 0.25) is 5.91 Å². The number of rotatable bonds is 9. The first kappa shape index (κ1) is 23.9. The molecular weight excluding hydrogens is 499 g/mol. The van der Waals surface area contributed by atoms with Gasteiger partial charge in [-0.25, -0.2) is 4.39 Å². The van der Waals surface area contributed by atoms with Crippen LogP contribution in [0.1, 0.15) is 25.0 Å². The summed E-state index contributed by atoms with van der Waals surface area (Å²) in [5.41, 5.74) is 3.31. The highest BCUT2D eigenvalue weighted by Gasteiger charge is 2.12. The highest BCUT2D eigenvalue weighted by atomic mass is 79.9. The Morgan fingerprint density at radius 2 is 1.69 bits per heavy atom. The lowest BCUT2D eigenvalue weighted by Gasteiger charge is -2.16. The molecule has 3 rings (SSSR count). The fraction of sp³-hybridized carbons (Fsp3) is 0.208. The molecule has 0 bridgehead atoms. The number of benzene rings is 3. The quantitative estimate of drug-likeness (QED) is 0.325. The van der Waals surface area contributed by atoms with E-state index >= 15 is 0 Å². The van der Waals surface area contributed by atoms with Crippen molar-refractivity contribution in [2.24, 2.45) is 0 Å². The van der Waals surface area contributed by atoms with E-state index in [-0.39, 0.29) is 12.5 Å². The van der Waals surface area contributed by atoms with Crippen molar-refractivity contribution >= 4 is 44.8 Å². The molecule has 0 saturated heterocycles. The van der Waals surface area contributed by atoms with Gasteiger partial charge in [-0.2, -0.15) is 0 Å². The summed E-state index contributed by atoms with van der Waals surface area (Å²) >= 11 is 9.69. The fourth-order valence-electron chi connectivity index (χ4n) is 2.96. The lowest BCUT2D eigenvalue weighted by molar-refractivity contribution is -0.114. The summed E-state index contributed by atoms with van der Waals surface area (Å²) in [6.07, 6.45) is 0. The SMILES string of the molecule is CCOc1cc(CNc2ccc(NC(C)=O)cc2)c(Br)cc1OCc1ccc(F)cc1Cl. The Kier molecular flexibility index (Phi) is 8.36. The van der Waals surface area contributed by atoms with E-state index in [1.54, 1.807) is 6.07 Å². The first-order valence-electron chi connectivity index (χ1n) is 9.99. The fourth-order valence-corrected chi connectivity index (χ4v) is 3.64. The van der Waals surface area contributed by atoms with Gasteiger partial charge in [0.15, 0.2) is 11.5 Å². The average molecular weight is 522 g/mol. The molecule has 0 aliphatic carbocycles. The average Bonchev–Trinajstić information content (AvgIpc) is 2.74. The van der Waals surface area contributed by atoms with Crippen molar-refractivity contribution in [3.05, 3.63) is 81.0 Å². The van der Waals surface area contributed by atoms with E-state index in [2.05, 4.69) is 26.6 Å². The second-order valence-electron chi connectivity index (χ2n) is 6.96. The Morgan fingerprint density at radius 3 is 2.34 bits per heavy atom. The van der Waals surface area contributed by atoms with E-state index < -0.39 is 5.82 Å². The molecule has 0 heterocycles.